The average Bonchev–Trinajstić information content (AvgIpc) is 2.82. The standard InChI is InChI=1S/C26H32F2N6O/c1-3-31-24(28)16-19(2)34-25(30)21(18-35)10-15-33-26(13-14-29)11-8-23(9-12-26)32-17-20-4-6-22(27)7-5-20/h3-7,10,16,18,23,32-33H,1,8-9,11-13,15,17H2,2H3,(H2,30,34)/b19-16+,21-10?,31-24?. The van der Waals surface area contributed by atoms with Crippen LogP contribution in [-0.4, -0.2) is 36.2 Å². The van der Waals surface area contributed by atoms with Gasteiger partial charge in [-0.25, -0.2) is 14.4 Å². The third-order valence-corrected chi connectivity index (χ3v) is 5.93. The molecule has 186 valence electrons. The third kappa shape index (κ3) is 9.35. The van der Waals surface area contributed by atoms with Crippen LogP contribution in [0.25, 0.3) is 0 Å². The molecule has 1 aromatic carbocycles. The SMILES string of the molecule is C=CN=C(F)/C=C(\C)N=C(N)C(C=O)=CCNC1(CC#N)CCC(NCc2ccc(F)cc2)CC1. The zero-order valence-electron chi connectivity index (χ0n) is 19.9. The number of nitrogens with one attached hydrogen (secondary N) is 2. The Labute approximate surface area is 205 Å². The molecule has 0 amide bonds. The minimum Gasteiger partial charge on any atom is -0.383 e. The first kappa shape index (κ1) is 27.8. The van der Waals surface area contributed by atoms with E-state index in [2.05, 4.69) is 33.3 Å². The number of amidine groups is 1. The van der Waals surface area contributed by atoms with Gasteiger partial charge in [-0.2, -0.15) is 9.65 Å². The number of aliphatic imine (C=N–C) groups is 2. The highest BCUT2D eigenvalue weighted by molar-refractivity contribution is 6.13. The molecule has 4 N–H and O–H groups in total. The summed E-state index contributed by atoms with van der Waals surface area (Å²) in [5, 5.41) is 16.3. The van der Waals surface area contributed by atoms with E-state index in [0.29, 0.717) is 31.8 Å². The molecule has 0 aromatic heterocycles. The lowest BCUT2D eigenvalue weighted by Gasteiger charge is -2.40. The third-order valence-electron chi connectivity index (χ3n) is 5.93. The zero-order chi connectivity index (χ0) is 25.7. The van der Waals surface area contributed by atoms with E-state index >= 15 is 0 Å². The highest BCUT2D eigenvalue weighted by Gasteiger charge is 2.34. The summed E-state index contributed by atoms with van der Waals surface area (Å²) in [5.41, 5.74) is 7.00. The van der Waals surface area contributed by atoms with Crippen molar-refractivity contribution < 1.29 is 13.6 Å². The Morgan fingerprint density at radius 1 is 1.34 bits per heavy atom. The fraction of sp³-hybridized carbons (Fsp3) is 0.385. The summed E-state index contributed by atoms with van der Waals surface area (Å²) in [5.74, 6) is -1.06. The summed E-state index contributed by atoms with van der Waals surface area (Å²) in [6.45, 7) is 5.84. The maximum atomic E-state index is 13.4. The number of rotatable bonds is 12. The first-order valence-corrected chi connectivity index (χ1v) is 11.4. The largest absolute Gasteiger partial charge is 0.383 e. The van der Waals surface area contributed by atoms with E-state index in [-0.39, 0.29) is 28.5 Å². The van der Waals surface area contributed by atoms with E-state index in [1.165, 1.54) is 19.1 Å². The van der Waals surface area contributed by atoms with Crippen LogP contribution in [0.2, 0.25) is 0 Å². The molecule has 9 heteroatoms. The molecule has 0 atom stereocenters. The number of nitrogens with zero attached hydrogens (tertiary/aromatic N) is 3. The Bertz CT molecular complexity index is 1030. The van der Waals surface area contributed by atoms with Crippen LogP contribution in [0, 0.1) is 17.1 Å². The molecule has 1 saturated carbocycles. The van der Waals surface area contributed by atoms with Gasteiger partial charge in [0, 0.05) is 42.6 Å². The molecule has 35 heavy (non-hydrogen) atoms. The summed E-state index contributed by atoms with van der Waals surface area (Å²) in [6, 6.07) is 9.00. The number of nitrogens with two attached hydrogens (primary N) is 1. The van der Waals surface area contributed by atoms with Gasteiger partial charge in [0.25, 0.3) is 0 Å². The molecule has 0 unspecified atom stereocenters. The predicted molar refractivity (Wildman–Crippen MR) is 135 cm³/mol. The number of benzene rings is 1. The zero-order valence-corrected chi connectivity index (χ0v) is 19.9. The van der Waals surface area contributed by atoms with E-state index in [4.69, 9.17) is 5.73 Å². The van der Waals surface area contributed by atoms with Gasteiger partial charge in [0.05, 0.1) is 18.1 Å². The van der Waals surface area contributed by atoms with Gasteiger partial charge >= 0.3 is 0 Å². The number of hydrogen-bond donors (Lipinski definition) is 3. The van der Waals surface area contributed by atoms with Gasteiger partial charge in [0.1, 0.15) is 11.7 Å². The van der Waals surface area contributed by atoms with Crippen LogP contribution >= 0.6 is 0 Å². The summed E-state index contributed by atoms with van der Waals surface area (Å²) in [6.07, 6.45) is 8.05. The number of hydrogen-bond acceptors (Lipinski definition) is 6. The quantitative estimate of drug-likeness (QED) is 0.180. The van der Waals surface area contributed by atoms with E-state index < -0.39 is 5.97 Å². The van der Waals surface area contributed by atoms with E-state index in [0.717, 1.165) is 43.5 Å². The molecule has 0 saturated heterocycles. The lowest BCUT2D eigenvalue weighted by Crippen LogP contribution is -2.50. The first-order chi connectivity index (χ1) is 16.8. The minimum atomic E-state index is -0.770. The maximum absolute atomic E-state index is 13.4. The van der Waals surface area contributed by atoms with Crippen molar-refractivity contribution in [1.82, 2.24) is 10.6 Å². The van der Waals surface area contributed by atoms with E-state index in [9.17, 15) is 18.8 Å². The van der Waals surface area contributed by atoms with Crippen molar-refractivity contribution in [1.29, 1.82) is 5.26 Å². The number of halogens is 2. The Morgan fingerprint density at radius 2 is 2.03 bits per heavy atom. The van der Waals surface area contributed by atoms with Crippen molar-refractivity contribution in [2.24, 2.45) is 15.7 Å². The number of allylic oxidation sites excluding steroid dienone is 2. The van der Waals surface area contributed by atoms with Crippen LogP contribution in [0.5, 0.6) is 0 Å². The summed E-state index contributed by atoms with van der Waals surface area (Å²) in [4.78, 5) is 19.0. The molecule has 0 radical (unpaired) electrons. The molecule has 1 fully saturated rings. The first-order valence-electron chi connectivity index (χ1n) is 11.4. The minimum absolute atomic E-state index is 0.0370. The van der Waals surface area contributed by atoms with Crippen LogP contribution in [0.1, 0.15) is 44.6 Å². The molecule has 0 bridgehead atoms. The van der Waals surface area contributed by atoms with Gasteiger partial charge in [0.2, 0.25) is 5.97 Å². The Kier molecular flexibility index (Phi) is 11.1. The van der Waals surface area contributed by atoms with Gasteiger partial charge in [-0.1, -0.05) is 24.8 Å². The monoisotopic (exact) mass is 482 g/mol. The van der Waals surface area contributed by atoms with E-state index in [1.54, 1.807) is 18.2 Å². The Hall–Kier alpha value is -3.48. The molecule has 1 aliphatic rings. The Balaban J connectivity index is 1.95. The van der Waals surface area contributed by atoms with Crippen molar-refractivity contribution in [3.05, 3.63) is 71.8 Å². The highest BCUT2D eigenvalue weighted by atomic mass is 19.1. The van der Waals surface area contributed by atoms with Gasteiger partial charge in [-0.15, -0.1) is 0 Å². The summed E-state index contributed by atoms with van der Waals surface area (Å²) >= 11 is 0. The molecular formula is C26H32F2N6O. The van der Waals surface area contributed by atoms with Crippen molar-refractivity contribution in [3.63, 3.8) is 0 Å². The van der Waals surface area contributed by atoms with Gasteiger partial charge in [0.15, 0.2) is 6.29 Å². The molecule has 1 aliphatic carbocycles. The van der Waals surface area contributed by atoms with Crippen molar-refractivity contribution in [3.8, 4) is 6.07 Å². The van der Waals surface area contributed by atoms with Crippen LogP contribution in [0.15, 0.2) is 70.5 Å². The molecule has 2 rings (SSSR count). The van der Waals surface area contributed by atoms with Crippen molar-refractivity contribution >= 4 is 18.1 Å². The topological polar surface area (TPSA) is 116 Å². The van der Waals surface area contributed by atoms with Gasteiger partial charge in [-0.05, 0) is 50.3 Å². The fourth-order valence-corrected chi connectivity index (χ4v) is 3.98. The number of carbonyl (C=O) groups is 1. The smallest absolute Gasteiger partial charge is 0.214 e. The molecule has 1 aromatic rings. The Morgan fingerprint density at radius 3 is 2.63 bits per heavy atom. The molecule has 7 nitrogen and oxygen atoms in total. The van der Waals surface area contributed by atoms with Crippen LogP contribution in [-0.2, 0) is 11.3 Å². The van der Waals surface area contributed by atoms with Crippen LogP contribution < -0.4 is 16.4 Å². The maximum Gasteiger partial charge on any atom is 0.214 e. The van der Waals surface area contributed by atoms with Gasteiger partial charge in [-0.3, -0.25) is 4.79 Å². The van der Waals surface area contributed by atoms with E-state index in [1.807, 2.05) is 0 Å². The molecule has 0 heterocycles. The number of nitriles is 1. The lowest BCUT2D eigenvalue weighted by atomic mass is 9.77. The summed E-state index contributed by atoms with van der Waals surface area (Å²) in [7, 11) is 0. The summed E-state index contributed by atoms with van der Waals surface area (Å²) < 4.78 is 26.5. The highest BCUT2D eigenvalue weighted by Crippen LogP contribution is 2.31. The van der Waals surface area contributed by atoms with Gasteiger partial charge < -0.3 is 16.4 Å². The second-order valence-electron chi connectivity index (χ2n) is 8.47. The number of aldehydes is 1. The predicted octanol–water partition coefficient (Wildman–Crippen LogP) is 4.00. The fourth-order valence-electron chi connectivity index (χ4n) is 3.98. The van der Waals surface area contributed by atoms with Crippen molar-refractivity contribution in [2.75, 3.05) is 6.54 Å². The second-order valence-corrected chi connectivity index (χ2v) is 8.47. The molecule has 0 spiro atoms. The second kappa shape index (κ2) is 14.0. The molecular weight excluding hydrogens is 450 g/mol. The van der Waals surface area contributed by atoms with Crippen molar-refractivity contribution in [2.45, 2.75) is 57.2 Å². The van der Waals surface area contributed by atoms with Crippen LogP contribution in [0.4, 0.5) is 8.78 Å². The lowest BCUT2D eigenvalue weighted by molar-refractivity contribution is -0.104. The van der Waals surface area contributed by atoms with Crippen LogP contribution in [0.3, 0.4) is 0 Å². The number of carbonyl (C=O) groups excluding carboxylic acids is 1. The normalized spacial score (nSPS) is 21.9. The average molecular weight is 483 g/mol. The molecule has 0 aliphatic heterocycles.